The van der Waals surface area contributed by atoms with Crippen LogP contribution in [-0.2, 0) is 9.53 Å². The van der Waals surface area contributed by atoms with Crippen molar-refractivity contribution < 1.29 is 14.3 Å². The fraction of sp³-hybridized carbons (Fsp3) is 0.312. The fourth-order valence-electron chi connectivity index (χ4n) is 2.03. The summed E-state index contributed by atoms with van der Waals surface area (Å²) in [4.78, 5) is 28.5. The first-order valence-electron chi connectivity index (χ1n) is 7.01. The largest absolute Gasteiger partial charge is 0.469 e. The molecule has 1 aromatic heterocycles. The monoisotopic (exact) mass is 352 g/mol. The van der Waals surface area contributed by atoms with Crippen molar-refractivity contribution in [3.8, 4) is 10.6 Å². The molecule has 2 rings (SSSR count). The summed E-state index contributed by atoms with van der Waals surface area (Å²) >= 11 is 7.29. The van der Waals surface area contributed by atoms with Crippen LogP contribution in [0.3, 0.4) is 0 Å². The topological polar surface area (TPSA) is 68.3 Å². The van der Waals surface area contributed by atoms with Crippen LogP contribution in [0, 0.1) is 6.92 Å². The zero-order valence-electron chi connectivity index (χ0n) is 13.1. The van der Waals surface area contributed by atoms with E-state index in [2.05, 4.69) is 15.0 Å². The second kappa shape index (κ2) is 7.57. The van der Waals surface area contributed by atoms with Crippen LogP contribution < -0.4 is 5.32 Å². The number of methoxy groups -OCH3 is 1. The van der Waals surface area contributed by atoms with Gasteiger partial charge in [0.1, 0.15) is 9.88 Å². The number of aromatic nitrogens is 1. The minimum absolute atomic E-state index is 0.126. The fourth-order valence-corrected chi connectivity index (χ4v) is 3.18. The molecule has 0 aliphatic carbocycles. The lowest BCUT2D eigenvalue weighted by Crippen LogP contribution is -2.34. The Bertz CT molecular complexity index is 730. The Morgan fingerprint density at radius 2 is 2.17 bits per heavy atom. The standard InChI is InChI=1S/C16H17ClN2O3S/c1-9(7-13(20)22-3)18-15(21)14-10(2)19-16(23-14)11-5-4-6-12(17)8-11/h4-6,8-9H,7H2,1-3H3,(H,18,21). The average Bonchev–Trinajstić information content (AvgIpc) is 2.89. The Kier molecular flexibility index (Phi) is 5.74. The molecule has 0 spiro atoms. The lowest BCUT2D eigenvalue weighted by atomic mass is 10.2. The van der Waals surface area contributed by atoms with E-state index in [9.17, 15) is 9.59 Å². The predicted octanol–water partition coefficient (Wildman–Crippen LogP) is 3.45. The smallest absolute Gasteiger partial charge is 0.307 e. The molecule has 5 nitrogen and oxygen atoms in total. The number of nitrogens with one attached hydrogen (secondary N) is 1. The van der Waals surface area contributed by atoms with Crippen molar-refractivity contribution in [1.29, 1.82) is 0 Å². The predicted molar refractivity (Wildman–Crippen MR) is 90.9 cm³/mol. The van der Waals surface area contributed by atoms with Gasteiger partial charge in [-0.25, -0.2) is 4.98 Å². The highest BCUT2D eigenvalue weighted by atomic mass is 35.5. The third-order valence-electron chi connectivity index (χ3n) is 3.15. The van der Waals surface area contributed by atoms with E-state index in [0.717, 1.165) is 10.6 Å². The third kappa shape index (κ3) is 4.53. The third-order valence-corrected chi connectivity index (χ3v) is 4.59. The van der Waals surface area contributed by atoms with Crippen molar-refractivity contribution >= 4 is 34.8 Å². The van der Waals surface area contributed by atoms with Gasteiger partial charge in [-0.3, -0.25) is 9.59 Å². The van der Waals surface area contributed by atoms with E-state index in [0.29, 0.717) is 15.6 Å². The highest BCUT2D eigenvalue weighted by Crippen LogP contribution is 2.29. The van der Waals surface area contributed by atoms with Gasteiger partial charge in [0, 0.05) is 16.6 Å². The molecule has 0 radical (unpaired) electrons. The average molecular weight is 353 g/mol. The van der Waals surface area contributed by atoms with Crippen LogP contribution in [0.2, 0.25) is 5.02 Å². The molecule has 0 aliphatic rings. The summed E-state index contributed by atoms with van der Waals surface area (Å²) in [6.07, 6.45) is 0.126. The molecule has 1 amide bonds. The quantitative estimate of drug-likeness (QED) is 0.837. The lowest BCUT2D eigenvalue weighted by Gasteiger charge is -2.11. The molecule has 23 heavy (non-hydrogen) atoms. The Morgan fingerprint density at radius 1 is 1.43 bits per heavy atom. The molecule has 1 atom stereocenters. The van der Waals surface area contributed by atoms with Gasteiger partial charge in [-0.15, -0.1) is 11.3 Å². The zero-order valence-corrected chi connectivity index (χ0v) is 14.6. The first kappa shape index (κ1) is 17.4. The molecule has 122 valence electrons. The van der Waals surface area contributed by atoms with E-state index in [-0.39, 0.29) is 24.3 Å². The second-order valence-corrected chi connectivity index (χ2v) is 6.53. The van der Waals surface area contributed by atoms with Gasteiger partial charge in [-0.2, -0.15) is 0 Å². The minimum Gasteiger partial charge on any atom is -0.469 e. The Balaban J connectivity index is 2.14. The Labute approximate surface area is 143 Å². The number of carbonyl (C=O) groups is 2. The summed E-state index contributed by atoms with van der Waals surface area (Å²) in [5.74, 6) is -0.608. The van der Waals surface area contributed by atoms with Crippen LogP contribution in [0.25, 0.3) is 10.6 Å². The molecule has 7 heteroatoms. The van der Waals surface area contributed by atoms with Crippen molar-refractivity contribution in [2.75, 3.05) is 7.11 Å². The molecule has 0 fully saturated rings. The number of aryl methyl sites for hydroxylation is 1. The van der Waals surface area contributed by atoms with Crippen molar-refractivity contribution in [2.24, 2.45) is 0 Å². The van der Waals surface area contributed by atoms with Gasteiger partial charge in [-0.05, 0) is 26.0 Å². The number of benzene rings is 1. The van der Waals surface area contributed by atoms with E-state index in [1.807, 2.05) is 12.1 Å². The van der Waals surface area contributed by atoms with Crippen molar-refractivity contribution in [2.45, 2.75) is 26.3 Å². The molecule has 2 aromatic rings. The second-order valence-electron chi connectivity index (χ2n) is 5.10. The summed E-state index contributed by atoms with van der Waals surface area (Å²) in [6.45, 7) is 3.54. The first-order chi connectivity index (χ1) is 10.9. The molecular formula is C16H17ClN2O3S. The molecule has 0 bridgehead atoms. The van der Waals surface area contributed by atoms with E-state index in [4.69, 9.17) is 11.6 Å². The minimum atomic E-state index is -0.363. The van der Waals surface area contributed by atoms with Crippen LogP contribution in [0.15, 0.2) is 24.3 Å². The van der Waals surface area contributed by atoms with Crippen molar-refractivity contribution in [3.05, 3.63) is 39.9 Å². The molecule has 0 saturated heterocycles. The molecule has 0 saturated carbocycles. The maximum absolute atomic E-state index is 12.3. The van der Waals surface area contributed by atoms with Crippen LogP contribution in [0.1, 0.15) is 28.7 Å². The highest BCUT2D eigenvalue weighted by molar-refractivity contribution is 7.17. The van der Waals surface area contributed by atoms with Gasteiger partial charge in [0.2, 0.25) is 0 Å². The van der Waals surface area contributed by atoms with Crippen LogP contribution in [0.4, 0.5) is 0 Å². The van der Waals surface area contributed by atoms with Gasteiger partial charge >= 0.3 is 5.97 Å². The molecule has 0 aliphatic heterocycles. The van der Waals surface area contributed by atoms with E-state index >= 15 is 0 Å². The van der Waals surface area contributed by atoms with E-state index in [1.54, 1.807) is 26.0 Å². The number of hydrogen-bond donors (Lipinski definition) is 1. The number of rotatable bonds is 5. The maximum Gasteiger partial charge on any atom is 0.307 e. The number of ether oxygens (including phenoxy) is 1. The Morgan fingerprint density at radius 3 is 2.83 bits per heavy atom. The molecule has 1 unspecified atom stereocenters. The van der Waals surface area contributed by atoms with Crippen molar-refractivity contribution in [1.82, 2.24) is 10.3 Å². The van der Waals surface area contributed by atoms with Gasteiger partial charge in [0.15, 0.2) is 0 Å². The van der Waals surface area contributed by atoms with E-state index in [1.165, 1.54) is 18.4 Å². The maximum atomic E-state index is 12.3. The van der Waals surface area contributed by atoms with Crippen LogP contribution >= 0.6 is 22.9 Å². The molecule has 1 aromatic carbocycles. The van der Waals surface area contributed by atoms with E-state index < -0.39 is 0 Å². The normalized spacial score (nSPS) is 11.8. The number of amides is 1. The molecule has 1 heterocycles. The first-order valence-corrected chi connectivity index (χ1v) is 8.21. The van der Waals surface area contributed by atoms with Crippen molar-refractivity contribution in [3.63, 3.8) is 0 Å². The van der Waals surface area contributed by atoms with Gasteiger partial charge in [0.05, 0.1) is 19.2 Å². The summed E-state index contributed by atoms with van der Waals surface area (Å²) in [6, 6.07) is 7.01. The number of halogens is 1. The number of thiazole rings is 1. The van der Waals surface area contributed by atoms with Gasteiger partial charge in [0.25, 0.3) is 5.91 Å². The summed E-state index contributed by atoms with van der Waals surface area (Å²) < 4.78 is 4.59. The zero-order chi connectivity index (χ0) is 17.0. The summed E-state index contributed by atoms with van der Waals surface area (Å²) in [7, 11) is 1.32. The van der Waals surface area contributed by atoms with Gasteiger partial charge in [-0.1, -0.05) is 23.7 Å². The molecular weight excluding hydrogens is 336 g/mol. The van der Waals surface area contributed by atoms with Gasteiger partial charge < -0.3 is 10.1 Å². The molecule has 1 N–H and O–H groups in total. The SMILES string of the molecule is COC(=O)CC(C)NC(=O)c1sc(-c2cccc(Cl)c2)nc1C. The summed E-state index contributed by atoms with van der Waals surface area (Å²) in [5.41, 5.74) is 1.51. The summed E-state index contributed by atoms with van der Waals surface area (Å²) in [5, 5.41) is 4.13. The number of carbonyl (C=O) groups excluding carboxylic acids is 2. The Hall–Kier alpha value is -1.92. The van der Waals surface area contributed by atoms with Crippen LogP contribution in [0.5, 0.6) is 0 Å². The van der Waals surface area contributed by atoms with Crippen LogP contribution in [-0.4, -0.2) is 30.0 Å². The lowest BCUT2D eigenvalue weighted by molar-refractivity contribution is -0.141. The highest BCUT2D eigenvalue weighted by Gasteiger charge is 2.19. The number of esters is 1. The number of hydrogen-bond acceptors (Lipinski definition) is 5. The number of nitrogens with zero attached hydrogens (tertiary/aromatic N) is 1.